The van der Waals surface area contributed by atoms with E-state index in [2.05, 4.69) is 44.6 Å². The van der Waals surface area contributed by atoms with E-state index in [1.54, 1.807) is 7.11 Å². The minimum Gasteiger partial charge on any atom is -0.383 e. The van der Waals surface area contributed by atoms with Crippen LogP contribution in [0.5, 0.6) is 0 Å². The monoisotopic (exact) mass is 509 g/mol. The van der Waals surface area contributed by atoms with Crippen LogP contribution in [-0.4, -0.2) is 84.8 Å². The summed E-state index contributed by atoms with van der Waals surface area (Å²) >= 11 is 0. The molecule has 1 saturated heterocycles. The van der Waals surface area contributed by atoms with Crippen LogP contribution < -0.4 is 10.6 Å². The maximum absolute atomic E-state index is 5.91. The molecule has 0 aliphatic carbocycles. The standard InChI is InChI=1S/C18H35N7O2.HI/c1-14(2)12-25-7-9-27-16(13-25)10-20-18(19-6-8-26-5)21-11-17-23-22-15(3)24(17)4;/h14,16H,6-13H2,1-5H3,(H2,19,20,21);1H. The first kappa shape index (κ1) is 25.1. The lowest BCUT2D eigenvalue weighted by molar-refractivity contribution is -0.0284. The van der Waals surface area contributed by atoms with Crippen LogP contribution in [0.4, 0.5) is 0 Å². The zero-order valence-electron chi connectivity index (χ0n) is 17.8. The van der Waals surface area contributed by atoms with Gasteiger partial charge in [0, 0.05) is 46.9 Å². The Morgan fingerprint density at radius 3 is 2.79 bits per heavy atom. The average Bonchev–Trinajstić information content (AvgIpc) is 2.95. The van der Waals surface area contributed by atoms with Gasteiger partial charge >= 0.3 is 0 Å². The molecule has 0 bridgehead atoms. The predicted octanol–water partition coefficient (Wildman–Crippen LogP) is 0.780. The smallest absolute Gasteiger partial charge is 0.191 e. The Bertz CT molecular complexity index is 594. The molecule has 9 nitrogen and oxygen atoms in total. The number of rotatable bonds is 9. The fourth-order valence-electron chi connectivity index (χ4n) is 2.98. The van der Waals surface area contributed by atoms with Gasteiger partial charge in [-0.05, 0) is 12.8 Å². The molecular formula is C18H36IN7O2. The SMILES string of the molecule is COCCNC(=NCc1nnc(C)n1C)NCC1CN(CC(C)C)CCO1.I. The van der Waals surface area contributed by atoms with Crippen LogP contribution in [0.2, 0.25) is 0 Å². The van der Waals surface area contributed by atoms with Crippen molar-refractivity contribution < 1.29 is 9.47 Å². The first-order chi connectivity index (χ1) is 13.0. The van der Waals surface area contributed by atoms with Crippen molar-refractivity contribution in [2.75, 3.05) is 53.0 Å². The lowest BCUT2D eigenvalue weighted by atomic mass is 10.2. The summed E-state index contributed by atoms with van der Waals surface area (Å²) in [6, 6.07) is 0. The Balaban J connectivity index is 0.00000392. The van der Waals surface area contributed by atoms with Crippen LogP contribution in [0.1, 0.15) is 25.5 Å². The molecule has 162 valence electrons. The lowest BCUT2D eigenvalue weighted by Gasteiger charge is -2.34. The first-order valence-corrected chi connectivity index (χ1v) is 9.69. The van der Waals surface area contributed by atoms with Gasteiger partial charge in [-0.2, -0.15) is 0 Å². The van der Waals surface area contributed by atoms with Crippen molar-refractivity contribution in [1.82, 2.24) is 30.3 Å². The fourth-order valence-corrected chi connectivity index (χ4v) is 2.98. The van der Waals surface area contributed by atoms with Crippen molar-refractivity contribution in [3.05, 3.63) is 11.6 Å². The topological polar surface area (TPSA) is 88.8 Å². The van der Waals surface area contributed by atoms with Crippen molar-refractivity contribution in [3.63, 3.8) is 0 Å². The maximum Gasteiger partial charge on any atom is 0.191 e. The summed E-state index contributed by atoms with van der Waals surface area (Å²) in [5.41, 5.74) is 0. The van der Waals surface area contributed by atoms with Gasteiger partial charge in [0.05, 0.1) is 19.3 Å². The average molecular weight is 509 g/mol. The van der Waals surface area contributed by atoms with Gasteiger partial charge < -0.3 is 24.7 Å². The quantitative estimate of drug-likeness (QED) is 0.220. The van der Waals surface area contributed by atoms with Crippen LogP contribution in [0.25, 0.3) is 0 Å². The number of aromatic nitrogens is 3. The number of aliphatic imine (C=N–C) groups is 1. The molecule has 28 heavy (non-hydrogen) atoms. The molecule has 0 saturated carbocycles. The maximum atomic E-state index is 5.91. The molecule has 1 aliphatic rings. The molecule has 0 spiro atoms. The molecule has 2 heterocycles. The molecule has 1 fully saturated rings. The fraction of sp³-hybridized carbons (Fsp3) is 0.833. The second kappa shape index (κ2) is 13.3. The molecular weight excluding hydrogens is 473 g/mol. The highest BCUT2D eigenvalue weighted by atomic mass is 127. The van der Waals surface area contributed by atoms with Crippen molar-refractivity contribution in [2.24, 2.45) is 18.0 Å². The Hall–Kier alpha value is -0.980. The van der Waals surface area contributed by atoms with Gasteiger partial charge in [0.25, 0.3) is 0 Å². The van der Waals surface area contributed by atoms with Gasteiger partial charge in [0.2, 0.25) is 0 Å². The number of hydrogen-bond donors (Lipinski definition) is 2. The van der Waals surface area contributed by atoms with Gasteiger partial charge in [-0.3, -0.25) is 4.90 Å². The number of hydrogen-bond acceptors (Lipinski definition) is 6. The van der Waals surface area contributed by atoms with Crippen LogP contribution in [-0.2, 0) is 23.1 Å². The largest absolute Gasteiger partial charge is 0.383 e. The van der Waals surface area contributed by atoms with E-state index in [4.69, 9.17) is 9.47 Å². The van der Waals surface area contributed by atoms with E-state index in [-0.39, 0.29) is 30.1 Å². The summed E-state index contributed by atoms with van der Waals surface area (Å²) in [6.07, 6.45) is 0.156. The Morgan fingerprint density at radius 1 is 1.36 bits per heavy atom. The number of ether oxygens (including phenoxy) is 2. The third kappa shape index (κ3) is 8.58. The highest BCUT2D eigenvalue weighted by molar-refractivity contribution is 14.0. The summed E-state index contributed by atoms with van der Waals surface area (Å²) in [5, 5.41) is 14.9. The lowest BCUT2D eigenvalue weighted by Crippen LogP contribution is -2.50. The van der Waals surface area contributed by atoms with E-state index >= 15 is 0 Å². The van der Waals surface area contributed by atoms with Gasteiger partial charge in [-0.15, -0.1) is 34.2 Å². The van der Waals surface area contributed by atoms with E-state index in [9.17, 15) is 0 Å². The summed E-state index contributed by atoms with van der Waals surface area (Å²) in [4.78, 5) is 7.11. The van der Waals surface area contributed by atoms with Crippen LogP contribution in [0.3, 0.4) is 0 Å². The van der Waals surface area contributed by atoms with Crippen LogP contribution in [0, 0.1) is 12.8 Å². The highest BCUT2D eigenvalue weighted by Gasteiger charge is 2.21. The molecule has 0 amide bonds. The molecule has 0 aromatic carbocycles. The van der Waals surface area contributed by atoms with Crippen molar-refractivity contribution in [1.29, 1.82) is 0 Å². The molecule has 1 aromatic heterocycles. The molecule has 1 aliphatic heterocycles. The van der Waals surface area contributed by atoms with Gasteiger partial charge in [-0.1, -0.05) is 13.8 Å². The second-order valence-corrected chi connectivity index (χ2v) is 7.33. The molecule has 2 N–H and O–H groups in total. The number of nitrogens with one attached hydrogen (secondary N) is 2. The van der Waals surface area contributed by atoms with E-state index in [0.717, 1.165) is 43.8 Å². The summed E-state index contributed by atoms with van der Waals surface area (Å²) in [5.74, 6) is 3.11. The predicted molar refractivity (Wildman–Crippen MR) is 121 cm³/mol. The van der Waals surface area contributed by atoms with E-state index in [1.165, 1.54) is 0 Å². The van der Waals surface area contributed by atoms with Gasteiger partial charge in [-0.25, -0.2) is 4.99 Å². The third-order valence-electron chi connectivity index (χ3n) is 4.50. The minimum atomic E-state index is 0. The second-order valence-electron chi connectivity index (χ2n) is 7.33. The Morgan fingerprint density at radius 2 is 2.14 bits per heavy atom. The molecule has 1 unspecified atom stereocenters. The molecule has 2 rings (SSSR count). The molecule has 10 heteroatoms. The number of nitrogens with zero attached hydrogens (tertiary/aromatic N) is 5. The number of morpholine rings is 1. The zero-order valence-corrected chi connectivity index (χ0v) is 20.1. The summed E-state index contributed by atoms with van der Waals surface area (Å²) in [7, 11) is 3.64. The molecule has 0 radical (unpaired) electrons. The third-order valence-corrected chi connectivity index (χ3v) is 4.50. The van der Waals surface area contributed by atoms with Crippen molar-refractivity contribution in [2.45, 2.75) is 33.4 Å². The number of halogens is 1. The number of guanidine groups is 1. The van der Waals surface area contributed by atoms with E-state index < -0.39 is 0 Å². The highest BCUT2D eigenvalue weighted by Crippen LogP contribution is 2.07. The van der Waals surface area contributed by atoms with Gasteiger partial charge in [0.1, 0.15) is 12.4 Å². The van der Waals surface area contributed by atoms with Crippen LogP contribution in [0.15, 0.2) is 4.99 Å². The van der Waals surface area contributed by atoms with Crippen molar-refractivity contribution >= 4 is 29.9 Å². The number of aryl methyl sites for hydroxylation is 1. The Labute approximate surface area is 185 Å². The van der Waals surface area contributed by atoms with Crippen LogP contribution >= 0.6 is 24.0 Å². The zero-order chi connectivity index (χ0) is 19.6. The first-order valence-electron chi connectivity index (χ1n) is 9.69. The minimum absolute atomic E-state index is 0. The number of methoxy groups -OCH3 is 1. The molecule has 1 aromatic rings. The van der Waals surface area contributed by atoms with Crippen molar-refractivity contribution in [3.8, 4) is 0 Å². The van der Waals surface area contributed by atoms with E-state index in [1.807, 2.05) is 18.5 Å². The normalized spacial score (nSPS) is 18.2. The van der Waals surface area contributed by atoms with Gasteiger partial charge in [0.15, 0.2) is 11.8 Å². The van der Waals surface area contributed by atoms with E-state index in [0.29, 0.717) is 32.2 Å². The summed E-state index contributed by atoms with van der Waals surface area (Å²) < 4.78 is 13.0. The molecule has 1 atom stereocenters. The Kier molecular flexibility index (Phi) is 11.9. The summed E-state index contributed by atoms with van der Waals surface area (Å²) in [6.45, 7) is 12.8.